The van der Waals surface area contributed by atoms with Crippen molar-refractivity contribution in [2.45, 2.75) is 37.9 Å². The highest BCUT2D eigenvalue weighted by atomic mass is 32.2. The summed E-state index contributed by atoms with van der Waals surface area (Å²) in [5.74, 6) is 0.573. The van der Waals surface area contributed by atoms with Crippen LogP contribution in [0.25, 0.3) is 0 Å². The molecule has 0 radical (unpaired) electrons. The van der Waals surface area contributed by atoms with Crippen molar-refractivity contribution < 1.29 is 9.53 Å². The molecule has 20 heavy (non-hydrogen) atoms. The van der Waals surface area contributed by atoms with Crippen LogP contribution in [0.3, 0.4) is 0 Å². The van der Waals surface area contributed by atoms with Gasteiger partial charge in [-0.2, -0.15) is 0 Å². The highest BCUT2D eigenvalue weighted by molar-refractivity contribution is 8.00. The van der Waals surface area contributed by atoms with E-state index in [1.807, 2.05) is 43.9 Å². The standard InChI is InChI=1S/C15H22N2O2S/c1-10-4-5-14(13(16)6-10)20-9-15(18)17-7-11(2)19-12(3)8-17/h4-6,11-12H,7-9,16H2,1-3H3. The molecule has 1 aromatic carbocycles. The summed E-state index contributed by atoms with van der Waals surface area (Å²) in [5.41, 5.74) is 7.84. The Morgan fingerprint density at radius 3 is 2.65 bits per heavy atom. The molecule has 0 aromatic heterocycles. The first kappa shape index (κ1) is 15.2. The minimum atomic E-state index is 0.108. The number of hydrogen-bond donors (Lipinski definition) is 1. The molecule has 1 saturated heterocycles. The fourth-order valence-electron chi connectivity index (χ4n) is 2.41. The van der Waals surface area contributed by atoms with Gasteiger partial charge in [-0.1, -0.05) is 6.07 Å². The minimum absolute atomic E-state index is 0.108. The first-order chi connectivity index (χ1) is 9.45. The van der Waals surface area contributed by atoms with E-state index in [1.54, 1.807) is 0 Å². The molecular formula is C15H22N2O2S. The molecule has 0 bridgehead atoms. The quantitative estimate of drug-likeness (QED) is 0.686. The van der Waals surface area contributed by atoms with Gasteiger partial charge in [-0.05, 0) is 38.5 Å². The van der Waals surface area contributed by atoms with Crippen molar-refractivity contribution in [2.75, 3.05) is 24.6 Å². The third kappa shape index (κ3) is 3.90. The summed E-state index contributed by atoms with van der Waals surface area (Å²) in [7, 11) is 0. The number of hydrogen-bond acceptors (Lipinski definition) is 4. The molecule has 0 aliphatic carbocycles. The van der Waals surface area contributed by atoms with E-state index in [-0.39, 0.29) is 18.1 Å². The normalized spacial score (nSPS) is 22.9. The van der Waals surface area contributed by atoms with Crippen LogP contribution in [0.5, 0.6) is 0 Å². The zero-order valence-corrected chi connectivity index (χ0v) is 13.1. The number of nitrogen functional groups attached to an aromatic ring is 1. The fourth-order valence-corrected chi connectivity index (χ4v) is 3.26. The molecule has 1 fully saturated rings. The molecule has 4 nitrogen and oxygen atoms in total. The van der Waals surface area contributed by atoms with Crippen LogP contribution < -0.4 is 5.73 Å². The van der Waals surface area contributed by atoms with E-state index in [9.17, 15) is 4.79 Å². The molecule has 0 spiro atoms. The number of aryl methyl sites for hydroxylation is 1. The van der Waals surface area contributed by atoms with Crippen molar-refractivity contribution in [3.63, 3.8) is 0 Å². The number of amides is 1. The van der Waals surface area contributed by atoms with Crippen LogP contribution in [0.2, 0.25) is 0 Å². The number of thioether (sulfide) groups is 1. The minimum Gasteiger partial charge on any atom is -0.398 e. The molecule has 2 atom stereocenters. The molecular weight excluding hydrogens is 272 g/mol. The molecule has 110 valence electrons. The van der Waals surface area contributed by atoms with Gasteiger partial charge in [0.05, 0.1) is 18.0 Å². The van der Waals surface area contributed by atoms with E-state index in [1.165, 1.54) is 11.8 Å². The lowest BCUT2D eigenvalue weighted by atomic mass is 10.2. The number of morpholine rings is 1. The Bertz CT molecular complexity index is 483. The molecule has 2 rings (SSSR count). The zero-order chi connectivity index (χ0) is 14.7. The molecule has 2 N–H and O–H groups in total. The van der Waals surface area contributed by atoms with Crippen molar-refractivity contribution in [1.29, 1.82) is 0 Å². The van der Waals surface area contributed by atoms with Crippen molar-refractivity contribution >= 4 is 23.4 Å². The second-order valence-corrected chi connectivity index (χ2v) is 6.40. The number of nitrogens with zero attached hydrogens (tertiary/aromatic N) is 1. The third-order valence-corrected chi connectivity index (χ3v) is 4.36. The summed E-state index contributed by atoms with van der Waals surface area (Å²) >= 11 is 1.50. The lowest BCUT2D eigenvalue weighted by Crippen LogP contribution is -2.48. The van der Waals surface area contributed by atoms with E-state index in [2.05, 4.69) is 0 Å². The number of anilines is 1. The number of ether oxygens (including phenoxy) is 1. The van der Waals surface area contributed by atoms with Crippen LogP contribution in [0.15, 0.2) is 23.1 Å². The largest absolute Gasteiger partial charge is 0.398 e. The maximum Gasteiger partial charge on any atom is 0.233 e. The topological polar surface area (TPSA) is 55.6 Å². The number of benzene rings is 1. The average molecular weight is 294 g/mol. The van der Waals surface area contributed by atoms with Gasteiger partial charge in [0.15, 0.2) is 0 Å². The molecule has 1 aliphatic rings. The molecule has 1 heterocycles. The van der Waals surface area contributed by atoms with Crippen LogP contribution in [0, 0.1) is 6.92 Å². The summed E-state index contributed by atoms with van der Waals surface area (Å²) in [6, 6.07) is 5.93. The van der Waals surface area contributed by atoms with E-state index in [0.29, 0.717) is 18.8 Å². The van der Waals surface area contributed by atoms with Crippen molar-refractivity contribution in [3.8, 4) is 0 Å². The summed E-state index contributed by atoms with van der Waals surface area (Å²) in [6.07, 6.45) is 0.217. The SMILES string of the molecule is Cc1ccc(SCC(=O)N2CC(C)OC(C)C2)c(N)c1. The number of carbonyl (C=O) groups excluding carboxylic acids is 1. The van der Waals surface area contributed by atoms with E-state index >= 15 is 0 Å². The average Bonchev–Trinajstić information content (AvgIpc) is 2.36. The first-order valence-electron chi connectivity index (χ1n) is 6.88. The van der Waals surface area contributed by atoms with Gasteiger partial charge in [0.25, 0.3) is 0 Å². The highest BCUT2D eigenvalue weighted by Gasteiger charge is 2.25. The van der Waals surface area contributed by atoms with E-state index < -0.39 is 0 Å². The first-order valence-corrected chi connectivity index (χ1v) is 7.86. The van der Waals surface area contributed by atoms with Crippen LogP contribution in [0.1, 0.15) is 19.4 Å². The number of nitrogens with two attached hydrogens (primary N) is 1. The molecule has 5 heteroatoms. The van der Waals surface area contributed by atoms with Crippen molar-refractivity contribution in [2.24, 2.45) is 0 Å². The van der Waals surface area contributed by atoms with Gasteiger partial charge >= 0.3 is 0 Å². The lowest BCUT2D eigenvalue weighted by Gasteiger charge is -2.35. The zero-order valence-electron chi connectivity index (χ0n) is 12.3. The van der Waals surface area contributed by atoms with Crippen LogP contribution >= 0.6 is 11.8 Å². The van der Waals surface area contributed by atoms with Crippen molar-refractivity contribution in [1.82, 2.24) is 4.90 Å². The van der Waals surface area contributed by atoms with Gasteiger partial charge in [0.2, 0.25) is 5.91 Å². The van der Waals surface area contributed by atoms with Gasteiger partial charge in [0, 0.05) is 23.7 Å². The van der Waals surface area contributed by atoms with Gasteiger partial charge in [-0.3, -0.25) is 4.79 Å². The summed E-state index contributed by atoms with van der Waals surface area (Å²) in [5, 5.41) is 0. The molecule has 2 unspecified atom stereocenters. The molecule has 0 saturated carbocycles. The second-order valence-electron chi connectivity index (χ2n) is 5.39. The van der Waals surface area contributed by atoms with Gasteiger partial charge in [-0.15, -0.1) is 11.8 Å². The van der Waals surface area contributed by atoms with E-state index in [0.717, 1.165) is 16.1 Å². The summed E-state index contributed by atoms with van der Waals surface area (Å²) in [4.78, 5) is 15.1. The lowest BCUT2D eigenvalue weighted by molar-refractivity contribution is -0.140. The van der Waals surface area contributed by atoms with Gasteiger partial charge in [0.1, 0.15) is 0 Å². The van der Waals surface area contributed by atoms with Gasteiger partial charge in [-0.25, -0.2) is 0 Å². The second kappa shape index (κ2) is 6.50. The van der Waals surface area contributed by atoms with Crippen LogP contribution in [-0.2, 0) is 9.53 Å². The third-order valence-electron chi connectivity index (χ3n) is 3.29. The maximum absolute atomic E-state index is 12.2. The maximum atomic E-state index is 12.2. The van der Waals surface area contributed by atoms with Crippen LogP contribution in [-0.4, -0.2) is 41.9 Å². The summed E-state index contributed by atoms with van der Waals surface area (Å²) in [6.45, 7) is 7.36. The smallest absolute Gasteiger partial charge is 0.233 e. The summed E-state index contributed by atoms with van der Waals surface area (Å²) < 4.78 is 5.64. The Hall–Kier alpha value is -1.20. The molecule has 1 aliphatic heterocycles. The van der Waals surface area contributed by atoms with Crippen molar-refractivity contribution in [3.05, 3.63) is 23.8 Å². The predicted molar refractivity (Wildman–Crippen MR) is 82.9 cm³/mol. The Labute approximate surface area is 124 Å². The molecule has 1 aromatic rings. The number of rotatable bonds is 3. The van der Waals surface area contributed by atoms with E-state index in [4.69, 9.17) is 10.5 Å². The fraction of sp³-hybridized carbons (Fsp3) is 0.533. The monoisotopic (exact) mass is 294 g/mol. The Morgan fingerprint density at radius 2 is 2.05 bits per heavy atom. The Balaban J connectivity index is 1.91. The Kier molecular flexibility index (Phi) is 4.94. The number of carbonyl (C=O) groups is 1. The highest BCUT2D eigenvalue weighted by Crippen LogP contribution is 2.26. The molecule has 1 amide bonds. The Morgan fingerprint density at radius 1 is 1.40 bits per heavy atom. The predicted octanol–water partition coefficient (Wildman–Crippen LogP) is 2.31. The van der Waals surface area contributed by atoms with Crippen LogP contribution in [0.4, 0.5) is 5.69 Å². The van der Waals surface area contributed by atoms with Gasteiger partial charge < -0.3 is 15.4 Å².